The van der Waals surface area contributed by atoms with E-state index in [9.17, 15) is 0 Å². The van der Waals surface area contributed by atoms with Crippen LogP contribution >= 0.6 is 0 Å². The molecule has 0 spiro atoms. The van der Waals surface area contributed by atoms with Gasteiger partial charge in [-0.1, -0.05) is 30.3 Å². The van der Waals surface area contributed by atoms with Crippen molar-refractivity contribution >= 4 is 0 Å². The van der Waals surface area contributed by atoms with Gasteiger partial charge in [-0.15, -0.1) is 0 Å². The third kappa shape index (κ3) is 3.53. The monoisotopic (exact) mass is 236 g/mol. The summed E-state index contributed by atoms with van der Waals surface area (Å²) in [5, 5.41) is 0. The fourth-order valence-corrected chi connectivity index (χ4v) is 2.05. The highest BCUT2D eigenvalue weighted by atomic mass is 16.8. The summed E-state index contributed by atoms with van der Waals surface area (Å²) in [7, 11) is 0. The van der Waals surface area contributed by atoms with Gasteiger partial charge in [-0.3, -0.25) is 0 Å². The first kappa shape index (κ1) is 12.6. The summed E-state index contributed by atoms with van der Waals surface area (Å²) in [6.45, 7) is 7.07. The van der Waals surface area contributed by atoms with Gasteiger partial charge in [0.25, 0.3) is 0 Å². The molecule has 0 radical (unpaired) electrons. The molecule has 94 valence electrons. The Morgan fingerprint density at radius 3 is 2.47 bits per heavy atom. The van der Waals surface area contributed by atoms with Gasteiger partial charge >= 0.3 is 0 Å². The largest absolute Gasteiger partial charge is 0.374 e. The van der Waals surface area contributed by atoms with Crippen LogP contribution in [0.25, 0.3) is 0 Å². The molecule has 1 aromatic rings. The maximum atomic E-state index is 5.75. The quantitative estimate of drug-likeness (QED) is 0.804. The molecule has 1 saturated heterocycles. The van der Waals surface area contributed by atoms with E-state index in [1.807, 2.05) is 39.0 Å². The van der Waals surface area contributed by atoms with Crippen molar-refractivity contribution in [3.8, 4) is 0 Å². The molecule has 1 aliphatic rings. The zero-order chi connectivity index (χ0) is 12.3. The van der Waals surface area contributed by atoms with Crippen LogP contribution in [0.2, 0.25) is 0 Å². The van der Waals surface area contributed by atoms with Crippen LogP contribution in [-0.4, -0.2) is 24.6 Å². The molecule has 0 bridgehead atoms. The highest BCUT2D eigenvalue weighted by Gasteiger charge is 2.38. The summed E-state index contributed by atoms with van der Waals surface area (Å²) in [5.74, 6) is -0.486. The smallest absolute Gasteiger partial charge is 0.163 e. The molecule has 0 N–H and O–H groups in total. The highest BCUT2D eigenvalue weighted by Crippen LogP contribution is 2.27. The topological polar surface area (TPSA) is 27.7 Å². The second-order valence-electron chi connectivity index (χ2n) is 4.88. The minimum Gasteiger partial charge on any atom is -0.374 e. The molecule has 2 rings (SSSR count). The number of benzene rings is 1. The van der Waals surface area contributed by atoms with E-state index in [4.69, 9.17) is 14.2 Å². The lowest BCUT2D eigenvalue weighted by molar-refractivity contribution is -0.150. The zero-order valence-corrected chi connectivity index (χ0v) is 10.7. The third-order valence-electron chi connectivity index (χ3n) is 2.82. The first-order valence-electron chi connectivity index (χ1n) is 6.04. The predicted molar refractivity (Wildman–Crippen MR) is 65.6 cm³/mol. The van der Waals surface area contributed by atoms with E-state index < -0.39 is 5.79 Å². The minimum absolute atomic E-state index is 0.0220. The second kappa shape index (κ2) is 5.17. The minimum atomic E-state index is -0.486. The average molecular weight is 236 g/mol. The van der Waals surface area contributed by atoms with E-state index in [0.717, 1.165) is 0 Å². The lowest BCUT2D eigenvalue weighted by Crippen LogP contribution is -2.25. The Labute approximate surface area is 103 Å². The number of hydrogen-bond acceptors (Lipinski definition) is 3. The Hall–Kier alpha value is -0.900. The highest BCUT2D eigenvalue weighted by molar-refractivity contribution is 5.13. The van der Waals surface area contributed by atoms with Crippen LogP contribution < -0.4 is 0 Å². The summed E-state index contributed by atoms with van der Waals surface area (Å²) < 4.78 is 17.1. The van der Waals surface area contributed by atoms with Crippen LogP contribution in [0.15, 0.2) is 30.3 Å². The van der Waals surface area contributed by atoms with E-state index in [1.54, 1.807) is 0 Å². The lowest BCUT2D eigenvalue weighted by Gasteiger charge is -2.16. The number of rotatable bonds is 4. The Morgan fingerprint density at radius 2 is 1.88 bits per heavy atom. The molecule has 0 amide bonds. The first-order valence-corrected chi connectivity index (χ1v) is 6.04. The fraction of sp³-hybridized carbons (Fsp3) is 0.571. The van der Waals surface area contributed by atoms with Crippen molar-refractivity contribution in [2.75, 3.05) is 6.61 Å². The summed E-state index contributed by atoms with van der Waals surface area (Å²) in [5.41, 5.74) is 1.18. The van der Waals surface area contributed by atoms with Crippen molar-refractivity contribution in [1.29, 1.82) is 0 Å². The van der Waals surface area contributed by atoms with E-state index in [2.05, 4.69) is 12.1 Å². The van der Waals surface area contributed by atoms with Gasteiger partial charge in [-0.25, -0.2) is 0 Å². The maximum absolute atomic E-state index is 5.75. The number of ether oxygens (including phenoxy) is 3. The molecule has 1 aliphatic heterocycles. The summed E-state index contributed by atoms with van der Waals surface area (Å²) in [4.78, 5) is 0. The second-order valence-corrected chi connectivity index (χ2v) is 4.88. The van der Waals surface area contributed by atoms with Crippen LogP contribution in [0.3, 0.4) is 0 Å². The van der Waals surface area contributed by atoms with Gasteiger partial charge in [-0.2, -0.15) is 0 Å². The third-order valence-corrected chi connectivity index (χ3v) is 2.82. The van der Waals surface area contributed by atoms with E-state index in [0.29, 0.717) is 13.2 Å². The van der Waals surface area contributed by atoms with Crippen LogP contribution in [0.4, 0.5) is 0 Å². The fourth-order valence-electron chi connectivity index (χ4n) is 2.05. The molecule has 0 saturated carbocycles. The van der Waals surface area contributed by atoms with Gasteiger partial charge in [0, 0.05) is 0 Å². The summed E-state index contributed by atoms with van der Waals surface area (Å²) in [6.07, 6.45) is 0.106. The normalized spacial score (nSPS) is 27.2. The molecule has 1 heterocycles. The van der Waals surface area contributed by atoms with Crippen molar-refractivity contribution in [2.24, 2.45) is 0 Å². The molecular formula is C14H20O3. The lowest BCUT2D eigenvalue weighted by atomic mass is 10.2. The van der Waals surface area contributed by atoms with Crippen molar-refractivity contribution in [2.45, 2.75) is 45.4 Å². The molecule has 0 aliphatic carbocycles. The first-order chi connectivity index (χ1) is 8.07. The Morgan fingerprint density at radius 1 is 1.18 bits per heavy atom. The summed E-state index contributed by atoms with van der Waals surface area (Å²) >= 11 is 0. The van der Waals surface area contributed by atoms with Crippen LogP contribution in [0.1, 0.15) is 26.3 Å². The zero-order valence-electron chi connectivity index (χ0n) is 10.7. The van der Waals surface area contributed by atoms with Gasteiger partial charge in [0.2, 0.25) is 0 Å². The Bertz CT molecular complexity index is 348. The van der Waals surface area contributed by atoms with E-state index in [-0.39, 0.29) is 12.2 Å². The van der Waals surface area contributed by atoms with Gasteiger partial charge in [0.05, 0.1) is 19.3 Å². The summed E-state index contributed by atoms with van der Waals surface area (Å²) in [6, 6.07) is 10.1. The van der Waals surface area contributed by atoms with Gasteiger partial charge in [0.1, 0.15) is 6.10 Å². The van der Waals surface area contributed by atoms with Crippen LogP contribution in [0, 0.1) is 0 Å². The Kier molecular flexibility index (Phi) is 3.82. The maximum Gasteiger partial charge on any atom is 0.163 e. The van der Waals surface area contributed by atoms with Crippen molar-refractivity contribution < 1.29 is 14.2 Å². The predicted octanol–water partition coefficient (Wildman–Crippen LogP) is 2.74. The van der Waals surface area contributed by atoms with Crippen molar-refractivity contribution in [1.82, 2.24) is 0 Å². The molecule has 3 nitrogen and oxygen atoms in total. The van der Waals surface area contributed by atoms with Crippen LogP contribution in [0.5, 0.6) is 0 Å². The van der Waals surface area contributed by atoms with Crippen LogP contribution in [-0.2, 0) is 20.8 Å². The molecule has 3 heteroatoms. The average Bonchev–Trinajstić information content (AvgIpc) is 2.53. The molecular weight excluding hydrogens is 216 g/mol. The standard InChI is InChI=1S/C14H20O3/c1-11-13(17-14(2,3)16-11)10-15-9-12-7-5-4-6-8-12/h4-8,11,13H,9-10H2,1-3H3/t11-,13+/m0/s1. The van der Waals surface area contributed by atoms with E-state index in [1.165, 1.54) is 5.56 Å². The van der Waals surface area contributed by atoms with Gasteiger partial charge in [0.15, 0.2) is 5.79 Å². The molecule has 1 aromatic carbocycles. The molecule has 2 atom stereocenters. The van der Waals surface area contributed by atoms with Gasteiger partial charge in [-0.05, 0) is 26.3 Å². The number of hydrogen-bond donors (Lipinski definition) is 0. The van der Waals surface area contributed by atoms with E-state index >= 15 is 0 Å². The molecule has 1 fully saturated rings. The molecule has 0 unspecified atom stereocenters. The molecule has 0 aromatic heterocycles. The SMILES string of the molecule is C[C@@H]1OC(C)(C)O[C@@H]1COCc1ccccc1. The van der Waals surface area contributed by atoms with Gasteiger partial charge < -0.3 is 14.2 Å². The van der Waals surface area contributed by atoms with Crippen molar-refractivity contribution in [3.63, 3.8) is 0 Å². The Balaban J connectivity index is 1.76. The van der Waals surface area contributed by atoms with Crippen molar-refractivity contribution in [3.05, 3.63) is 35.9 Å². The molecule has 17 heavy (non-hydrogen) atoms.